The van der Waals surface area contributed by atoms with Crippen molar-refractivity contribution in [3.05, 3.63) is 35.9 Å². The van der Waals surface area contributed by atoms with Gasteiger partial charge >= 0.3 is 5.97 Å². The summed E-state index contributed by atoms with van der Waals surface area (Å²) in [5.41, 5.74) is 1.02. The molecule has 0 unspecified atom stereocenters. The van der Waals surface area contributed by atoms with Crippen LogP contribution < -0.4 is 0 Å². The van der Waals surface area contributed by atoms with Gasteiger partial charge in [-0.1, -0.05) is 30.3 Å². The largest absolute Gasteiger partial charge is 0.462 e. The Morgan fingerprint density at radius 1 is 1.29 bits per heavy atom. The van der Waals surface area contributed by atoms with Gasteiger partial charge in [-0.05, 0) is 24.8 Å². The molecule has 0 radical (unpaired) electrons. The van der Waals surface area contributed by atoms with Crippen LogP contribution >= 0.6 is 0 Å². The van der Waals surface area contributed by atoms with Crippen LogP contribution in [0.2, 0.25) is 0 Å². The Balaban J connectivity index is 1.82. The number of carbonyl (C=O) groups is 1. The number of ether oxygens (including phenoxy) is 1. The third-order valence-corrected chi connectivity index (χ3v) is 2.54. The van der Waals surface area contributed by atoms with E-state index in [2.05, 4.69) is 0 Å². The van der Waals surface area contributed by atoms with Gasteiger partial charge in [0.25, 0.3) is 0 Å². The van der Waals surface area contributed by atoms with Gasteiger partial charge in [0.1, 0.15) is 6.10 Å². The molecule has 74 valence electrons. The summed E-state index contributed by atoms with van der Waals surface area (Å²) in [5, 5.41) is 0. The Kier molecular flexibility index (Phi) is 2.82. The van der Waals surface area contributed by atoms with Gasteiger partial charge in [-0.2, -0.15) is 0 Å². The number of benzene rings is 1. The summed E-state index contributed by atoms with van der Waals surface area (Å²) in [6, 6.07) is 9.71. The summed E-state index contributed by atoms with van der Waals surface area (Å²) in [7, 11) is 0. The molecule has 0 N–H and O–H groups in total. The zero-order valence-corrected chi connectivity index (χ0v) is 8.11. The van der Waals surface area contributed by atoms with Crippen LogP contribution in [0.3, 0.4) is 0 Å². The number of hydrogen-bond acceptors (Lipinski definition) is 2. The minimum atomic E-state index is -0.0964. The Hall–Kier alpha value is -1.31. The van der Waals surface area contributed by atoms with Crippen LogP contribution in [-0.2, 0) is 16.0 Å². The molecule has 0 spiro atoms. The summed E-state index contributed by atoms with van der Waals surface area (Å²) < 4.78 is 5.25. The molecule has 0 aliphatic heterocycles. The lowest BCUT2D eigenvalue weighted by molar-refractivity contribution is -0.152. The highest BCUT2D eigenvalue weighted by molar-refractivity contribution is 5.72. The van der Waals surface area contributed by atoms with Gasteiger partial charge in [-0.15, -0.1) is 0 Å². The van der Waals surface area contributed by atoms with Gasteiger partial charge in [0.2, 0.25) is 0 Å². The SMILES string of the molecule is O=C(Cc1ccccc1)OC1CCC1. The van der Waals surface area contributed by atoms with Crippen LogP contribution in [0.15, 0.2) is 30.3 Å². The van der Waals surface area contributed by atoms with Crippen molar-refractivity contribution in [2.45, 2.75) is 31.8 Å². The molecule has 1 aromatic rings. The normalized spacial score (nSPS) is 16.0. The molecular weight excluding hydrogens is 176 g/mol. The van der Waals surface area contributed by atoms with Gasteiger partial charge in [0.05, 0.1) is 6.42 Å². The fourth-order valence-corrected chi connectivity index (χ4v) is 1.48. The van der Waals surface area contributed by atoms with E-state index in [0.29, 0.717) is 6.42 Å². The van der Waals surface area contributed by atoms with Crippen LogP contribution in [-0.4, -0.2) is 12.1 Å². The molecule has 2 rings (SSSR count). The number of carbonyl (C=O) groups excluding carboxylic acids is 1. The number of esters is 1. The molecule has 1 aromatic carbocycles. The van der Waals surface area contributed by atoms with Gasteiger partial charge in [-0.3, -0.25) is 4.79 Å². The second kappa shape index (κ2) is 4.27. The molecule has 14 heavy (non-hydrogen) atoms. The first-order valence-corrected chi connectivity index (χ1v) is 5.08. The van der Waals surface area contributed by atoms with Crippen molar-refractivity contribution in [3.63, 3.8) is 0 Å². The fourth-order valence-electron chi connectivity index (χ4n) is 1.48. The maximum Gasteiger partial charge on any atom is 0.310 e. The van der Waals surface area contributed by atoms with Crippen molar-refractivity contribution in [2.75, 3.05) is 0 Å². The van der Waals surface area contributed by atoms with E-state index in [9.17, 15) is 4.79 Å². The topological polar surface area (TPSA) is 26.3 Å². The van der Waals surface area contributed by atoms with Crippen LogP contribution in [0, 0.1) is 0 Å². The summed E-state index contributed by atoms with van der Waals surface area (Å²) in [4.78, 5) is 11.4. The van der Waals surface area contributed by atoms with E-state index < -0.39 is 0 Å². The van der Waals surface area contributed by atoms with E-state index in [1.807, 2.05) is 30.3 Å². The van der Waals surface area contributed by atoms with E-state index in [1.54, 1.807) is 0 Å². The van der Waals surface area contributed by atoms with Crippen molar-refractivity contribution in [1.29, 1.82) is 0 Å². The van der Waals surface area contributed by atoms with Gasteiger partial charge in [-0.25, -0.2) is 0 Å². The molecule has 2 nitrogen and oxygen atoms in total. The summed E-state index contributed by atoms with van der Waals surface area (Å²) in [6.45, 7) is 0. The van der Waals surface area contributed by atoms with E-state index in [1.165, 1.54) is 6.42 Å². The molecule has 1 fully saturated rings. The van der Waals surface area contributed by atoms with Crippen LogP contribution in [0.1, 0.15) is 24.8 Å². The Morgan fingerprint density at radius 3 is 2.57 bits per heavy atom. The Morgan fingerprint density at radius 2 is 2.00 bits per heavy atom. The molecule has 0 atom stereocenters. The lowest BCUT2D eigenvalue weighted by atomic mass is 9.96. The maximum atomic E-state index is 11.4. The quantitative estimate of drug-likeness (QED) is 0.684. The highest BCUT2D eigenvalue weighted by Crippen LogP contribution is 2.22. The molecule has 1 aliphatic rings. The van der Waals surface area contributed by atoms with Gasteiger partial charge < -0.3 is 4.74 Å². The summed E-state index contributed by atoms with van der Waals surface area (Å²) >= 11 is 0. The van der Waals surface area contributed by atoms with Crippen molar-refractivity contribution < 1.29 is 9.53 Å². The third-order valence-electron chi connectivity index (χ3n) is 2.54. The number of hydrogen-bond donors (Lipinski definition) is 0. The Labute approximate surface area is 83.9 Å². The standard InChI is InChI=1S/C12H14O2/c13-12(14-11-7-4-8-11)9-10-5-2-1-3-6-10/h1-3,5-6,11H,4,7-9H2. The highest BCUT2D eigenvalue weighted by Gasteiger charge is 2.21. The van der Waals surface area contributed by atoms with Crippen LogP contribution in [0.25, 0.3) is 0 Å². The molecule has 1 saturated carbocycles. The minimum Gasteiger partial charge on any atom is -0.462 e. The van der Waals surface area contributed by atoms with E-state index >= 15 is 0 Å². The summed E-state index contributed by atoms with van der Waals surface area (Å²) in [5.74, 6) is -0.0964. The van der Waals surface area contributed by atoms with Gasteiger partial charge in [0.15, 0.2) is 0 Å². The van der Waals surface area contributed by atoms with Crippen molar-refractivity contribution in [1.82, 2.24) is 0 Å². The first-order valence-electron chi connectivity index (χ1n) is 5.08. The maximum absolute atomic E-state index is 11.4. The van der Waals surface area contributed by atoms with E-state index in [4.69, 9.17) is 4.74 Å². The van der Waals surface area contributed by atoms with E-state index in [-0.39, 0.29) is 12.1 Å². The first-order chi connectivity index (χ1) is 6.84. The molecule has 0 amide bonds. The predicted octanol–water partition coefficient (Wildman–Crippen LogP) is 2.32. The lowest BCUT2D eigenvalue weighted by Gasteiger charge is -2.25. The second-order valence-corrected chi connectivity index (χ2v) is 3.71. The second-order valence-electron chi connectivity index (χ2n) is 3.71. The zero-order chi connectivity index (χ0) is 9.80. The first kappa shape index (κ1) is 9.25. The highest BCUT2D eigenvalue weighted by atomic mass is 16.5. The average molecular weight is 190 g/mol. The fraction of sp³-hybridized carbons (Fsp3) is 0.417. The van der Waals surface area contributed by atoms with E-state index in [0.717, 1.165) is 18.4 Å². The van der Waals surface area contributed by atoms with Crippen molar-refractivity contribution in [3.8, 4) is 0 Å². The molecule has 0 saturated heterocycles. The summed E-state index contributed by atoms with van der Waals surface area (Å²) in [6.07, 6.45) is 3.88. The van der Waals surface area contributed by atoms with Crippen molar-refractivity contribution in [2.24, 2.45) is 0 Å². The molecule has 0 bridgehead atoms. The molecule has 1 aliphatic carbocycles. The number of rotatable bonds is 3. The minimum absolute atomic E-state index is 0.0964. The lowest BCUT2D eigenvalue weighted by Crippen LogP contribution is -2.25. The molecule has 0 aromatic heterocycles. The predicted molar refractivity (Wildman–Crippen MR) is 53.9 cm³/mol. The monoisotopic (exact) mass is 190 g/mol. The molecular formula is C12H14O2. The smallest absolute Gasteiger partial charge is 0.310 e. The van der Waals surface area contributed by atoms with Crippen LogP contribution in [0.4, 0.5) is 0 Å². The molecule has 0 heterocycles. The zero-order valence-electron chi connectivity index (χ0n) is 8.11. The Bertz CT molecular complexity index is 301. The van der Waals surface area contributed by atoms with Gasteiger partial charge in [0, 0.05) is 0 Å². The van der Waals surface area contributed by atoms with Crippen molar-refractivity contribution >= 4 is 5.97 Å². The van der Waals surface area contributed by atoms with Crippen LogP contribution in [0.5, 0.6) is 0 Å². The third kappa shape index (κ3) is 2.34. The molecule has 2 heteroatoms. The average Bonchev–Trinajstić information content (AvgIpc) is 2.13.